The molecule has 5 heteroatoms. The number of allylic oxidation sites excluding steroid dienone is 2. The fourth-order valence-electron chi connectivity index (χ4n) is 2.04. The molecule has 86 valence electrons. The van der Waals surface area contributed by atoms with Gasteiger partial charge in [-0.3, -0.25) is 4.79 Å². The Bertz CT molecular complexity index is 655. The average Bonchev–Trinajstić information content (AvgIpc) is 2.87. The normalized spacial score (nSPS) is 15.6. The molecule has 0 amide bonds. The van der Waals surface area contributed by atoms with E-state index >= 15 is 0 Å². The lowest BCUT2D eigenvalue weighted by Gasteiger charge is -2.03. The van der Waals surface area contributed by atoms with Crippen LogP contribution in [0.4, 0.5) is 0 Å². The Hall–Kier alpha value is -2.17. The quantitative estimate of drug-likeness (QED) is 0.803. The lowest BCUT2D eigenvalue weighted by molar-refractivity contribution is -0.114. The van der Waals surface area contributed by atoms with Crippen molar-refractivity contribution in [1.82, 2.24) is 14.5 Å². The lowest BCUT2D eigenvalue weighted by Crippen LogP contribution is -1.96. The summed E-state index contributed by atoms with van der Waals surface area (Å²) in [5, 5.41) is 10.4. The highest BCUT2D eigenvalue weighted by atomic mass is 16.3. The van der Waals surface area contributed by atoms with Crippen molar-refractivity contribution in [3.05, 3.63) is 24.2 Å². The van der Waals surface area contributed by atoms with Crippen LogP contribution in [0.5, 0.6) is 5.88 Å². The van der Waals surface area contributed by atoms with Crippen molar-refractivity contribution in [3.8, 4) is 5.88 Å². The molecule has 1 N–H and O–H groups in total. The van der Waals surface area contributed by atoms with Gasteiger partial charge in [-0.25, -0.2) is 4.98 Å². The third-order valence-electron chi connectivity index (χ3n) is 2.97. The predicted molar refractivity (Wildman–Crippen MR) is 62.4 cm³/mol. The van der Waals surface area contributed by atoms with Crippen LogP contribution < -0.4 is 0 Å². The number of carbonyl (C=O) groups is 1. The second kappa shape index (κ2) is 3.41. The van der Waals surface area contributed by atoms with Crippen molar-refractivity contribution in [2.75, 3.05) is 0 Å². The van der Waals surface area contributed by atoms with Crippen LogP contribution in [0.1, 0.15) is 18.7 Å². The largest absolute Gasteiger partial charge is 0.493 e. The third kappa shape index (κ3) is 1.51. The van der Waals surface area contributed by atoms with Crippen molar-refractivity contribution in [2.24, 2.45) is 7.05 Å². The molecule has 0 saturated carbocycles. The van der Waals surface area contributed by atoms with E-state index in [2.05, 4.69) is 9.97 Å². The van der Waals surface area contributed by atoms with Crippen molar-refractivity contribution in [2.45, 2.75) is 12.8 Å². The molecule has 5 nitrogen and oxygen atoms in total. The van der Waals surface area contributed by atoms with E-state index in [1.165, 1.54) is 0 Å². The maximum absolute atomic E-state index is 11.2. The van der Waals surface area contributed by atoms with Gasteiger partial charge in [0.2, 0.25) is 5.88 Å². The fraction of sp³-hybridized carbons (Fsp3) is 0.250. The maximum atomic E-state index is 11.2. The number of hydrogen-bond donors (Lipinski definition) is 1. The summed E-state index contributed by atoms with van der Waals surface area (Å²) in [6.07, 6.45) is 4.53. The molecule has 0 bridgehead atoms. The van der Waals surface area contributed by atoms with Crippen LogP contribution in [0.25, 0.3) is 16.6 Å². The van der Waals surface area contributed by atoms with Gasteiger partial charge in [-0.2, -0.15) is 4.98 Å². The van der Waals surface area contributed by atoms with Crippen LogP contribution in [0.15, 0.2) is 18.3 Å². The summed E-state index contributed by atoms with van der Waals surface area (Å²) in [5.74, 6) is 0.503. The summed E-state index contributed by atoms with van der Waals surface area (Å²) >= 11 is 0. The number of aromatic nitrogens is 3. The summed E-state index contributed by atoms with van der Waals surface area (Å²) < 4.78 is 1.82. The van der Waals surface area contributed by atoms with Gasteiger partial charge in [0.1, 0.15) is 5.65 Å². The summed E-state index contributed by atoms with van der Waals surface area (Å²) in [7, 11) is 1.85. The monoisotopic (exact) mass is 229 g/mol. The molecule has 0 aliphatic heterocycles. The number of aromatic hydroxyl groups is 1. The first-order valence-electron chi connectivity index (χ1n) is 5.41. The Balaban J connectivity index is 2.21. The van der Waals surface area contributed by atoms with E-state index in [1.54, 1.807) is 12.1 Å². The highest BCUT2D eigenvalue weighted by Gasteiger charge is 2.18. The summed E-state index contributed by atoms with van der Waals surface area (Å²) in [6.45, 7) is 0. The minimum absolute atomic E-state index is 0.0363. The first kappa shape index (κ1) is 10.0. The van der Waals surface area contributed by atoms with Gasteiger partial charge in [-0.15, -0.1) is 0 Å². The highest BCUT2D eigenvalue weighted by Crippen LogP contribution is 2.28. The molecule has 17 heavy (non-hydrogen) atoms. The number of fused-ring (bicyclic) bond motifs is 1. The third-order valence-corrected chi connectivity index (χ3v) is 2.97. The molecule has 3 rings (SSSR count). The van der Waals surface area contributed by atoms with Crippen molar-refractivity contribution in [3.63, 3.8) is 0 Å². The van der Waals surface area contributed by atoms with Gasteiger partial charge in [0, 0.05) is 25.2 Å². The maximum Gasteiger partial charge on any atom is 0.224 e. The zero-order chi connectivity index (χ0) is 12.0. The molecule has 0 radical (unpaired) electrons. The van der Waals surface area contributed by atoms with E-state index in [1.807, 2.05) is 17.8 Å². The zero-order valence-corrected chi connectivity index (χ0v) is 9.34. The molecule has 0 spiro atoms. The summed E-state index contributed by atoms with van der Waals surface area (Å²) in [4.78, 5) is 19.6. The number of nitrogens with zero attached hydrogens (tertiary/aromatic N) is 3. The van der Waals surface area contributed by atoms with Gasteiger partial charge in [0.05, 0.1) is 5.39 Å². The molecule has 2 heterocycles. The minimum atomic E-state index is -0.0363. The van der Waals surface area contributed by atoms with Gasteiger partial charge in [-0.05, 0) is 18.6 Å². The van der Waals surface area contributed by atoms with E-state index in [9.17, 15) is 9.90 Å². The van der Waals surface area contributed by atoms with Crippen molar-refractivity contribution in [1.29, 1.82) is 0 Å². The highest BCUT2D eigenvalue weighted by molar-refractivity contribution is 6.01. The van der Waals surface area contributed by atoms with Crippen LogP contribution in [0, 0.1) is 0 Å². The Morgan fingerprint density at radius 2 is 2.18 bits per heavy atom. The molecular formula is C12H11N3O2. The van der Waals surface area contributed by atoms with E-state index < -0.39 is 0 Å². The second-order valence-corrected chi connectivity index (χ2v) is 4.17. The van der Waals surface area contributed by atoms with Gasteiger partial charge < -0.3 is 9.67 Å². The summed E-state index contributed by atoms with van der Waals surface area (Å²) in [6, 6.07) is 1.77. The number of carbonyl (C=O) groups excluding carboxylic acids is 1. The van der Waals surface area contributed by atoms with Crippen LogP contribution in [0.2, 0.25) is 0 Å². The van der Waals surface area contributed by atoms with Crippen LogP contribution in [-0.4, -0.2) is 25.4 Å². The molecule has 0 fully saturated rings. The molecule has 2 aromatic heterocycles. The van der Waals surface area contributed by atoms with E-state index in [4.69, 9.17) is 0 Å². The molecule has 1 aliphatic carbocycles. The van der Waals surface area contributed by atoms with Gasteiger partial charge in [-0.1, -0.05) is 0 Å². The first-order chi connectivity index (χ1) is 8.15. The number of hydrogen-bond acceptors (Lipinski definition) is 4. The summed E-state index contributed by atoms with van der Waals surface area (Å²) in [5.41, 5.74) is 1.47. The van der Waals surface area contributed by atoms with E-state index in [-0.39, 0.29) is 11.7 Å². The van der Waals surface area contributed by atoms with Gasteiger partial charge in [0.25, 0.3) is 0 Å². The van der Waals surface area contributed by atoms with Crippen LogP contribution in [-0.2, 0) is 11.8 Å². The standard InChI is InChI=1S/C12H11N3O2/c1-15-5-4-9-11(15)13-10(14-12(9)17)7-2-3-8(16)6-7/h4-6H,2-3H2,1H3,(H,13,14,17). The van der Waals surface area contributed by atoms with Crippen molar-refractivity contribution >= 4 is 22.4 Å². The topological polar surface area (TPSA) is 68.0 Å². The minimum Gasteiger partial charge on any atom is -0.493 e. The Morgan fingerprint density at radius 1 is 1.35 bits per heavy atom. The number of rotatable bonds is 1. The molecule has 0 saturated heterocycles. The fourth-order valence-corrected chi connectivity index (χ4v) is 2.04. The van der Waals surface area contributed by atoms with Crippen molar-refractivity contribution < 1.29 is 9.90 Å². The average molecular weight is 229 g/mol. The molecular weight excluding hydrogens is 218 g/mol. The predicted octanol–water partition coefficient (Wildman–Crippen LogP) is 1.42. The Morgan fingerprint density at radius 3 is 2.88 bits per heavy atom. The van der Waals surface area contributed by atoms with Gasteiger partial charge in [0.15, 0.2) is 11.6 Å². The lowest BCUT2D eigenvalue weighted by atomic mass is 10.2. The van der Waals surface area contributed by atoms with Gasteiger partial charge >= 0.3 is 0 Å². The zero-order valence-electron chi connectivity index (χ0n) is 9.34. The molecule has 0 aromatic carbocycles. The number of aryl methyl sites for hydroxylation is 1. The molecule has 0 unspecified atom stereocenters. The molecule has 0 atom stereocenters. The smallest absolute Gasteiger partial charge is 0.224 e. The van der Waals surface area contributed by atoms with E-state index in [0.717, 1.165) is 5.57 Å². The first-order valence-corrected chi connectivity index (χ1v) is 5.41. The van der Waals surface area contributed by atoms with E-state index in [0.29, 0.717) is 29.7 Å². The Labute approximate surface area is 97.4 Å². The SMILES string of the molecule is Cn1ccc2c(O)nc(C3=CC(=O)CC3)nc21. The molecule has 1 aliphatic rings. The van der Waals surface area contributed by atoms with Crippen LogP contribution in [0.3, 0.4) is 0 Å². The Kier molecular flexibility index (Phi) is 2.01. The second-order valence-electron chi connectivity index (χ2n) is 4.17. The number of ketones is 1. The van der Waals surface area contributed by atoms with Crippen LogP contribution >= 0.6 is 0 Å². The molecule has 2 aromatic rings.